The zero-order chi connectivity index (χ0) is 22.7. The van der Waals surface area contributed by atoms with Crippen molar-refractivity contribution in [3.63, 3.8) is 0 Å². The molecule has 3 aromatic rings. The van der Waals surface area contributed by atoms with E-state index < -0.39 is 10.0 Å². The van der Waals surface area contributed by atoms with Crippen LogP contribution in [0.2, 0.25) is 0 Å². The number of benzene rings is 2. The number of anilines is 3. The molecular weight excluding hydrogens is 420 g/mol. The monoisotopic (exact) mass is 442 g/mol. The van der Waals surface area contributed by atoms with Gasteiger partial charge in [0.25, 0.3) is 5.56 Å². The maximum Gasteiger partial charge on any atom is 0.253 e. The van der Waals surface area contributed by atoms with E-state index in [0.29, 0.717) is 33.9 Å². The number of aryl methyl sites for hydroxylation is 2. The average molecular weight is 442 g/mol. The lowest BCUT2D eigenvalue weighted by molar-refractivity contribution is -0.117. The summed E-state index contributed by atoms with van der Waals surface area (Å²) in [7, 11) is 0.867. The van der Waals surface area contributed by atoms with Crippen LogP contribution in [0.5, 0.6) is 5.75 Å². The number of hydrogen-bond acceptors (Lipinski definition) is 6. The number of ether oxygens (including phenoxy) is 1. The lowest BCUT2D eigenvalue weighted by Gasteiger charge is -2.36. The number of nitrogens with zero attached hydrogens (tertiary/aromatic N) is 3. The smallest absolute Gasteiger partial charge is 0.253 e. The van der Waals surface area contributed by atoms with Gasteiger partial charge in [0.1, 0.15) is 12.3 Å². The summed E-state index contributed by atoms with van der Waals surface area (Å²) in [5.41, 5.74) is 2.69. The highest BCUT2D eigenvalue weighted by Crippen LogP contribution is 2.42. The van der Waals surface area contributed by atoms with Gasteiger partial charge in [-0.1, -0.05) is 0 Å². The number of carbonyl (C=O) groups is 1. The molecule has 4 rings (SSSR count). The van der Waals surface area contributed by atoms with Gasteiger partial charge < -0.3 is 19.1 Å². The van der Waals surface area contributed by atoms with Crippen LogP contribution in [-0.4, -0.2) is 39.6 Å². The third-order valence-corrected chi connectivity index (χ3v) is 6.51. The summed E-state index contributed by atoms with van der Waals surface area (Å²) in [5.74, 6) is 0.324. The summed E-state index contributed by atoms with van der Waals surface area (Å²) in [6, 6.07) is 9.66. The van der Waals surface area contributed by atoms with Gasteiger partial charge in [0.15, 0.2) is 0 Å². The number of carbonyl (C=O) groups excluding carboxylic acids is 1. The van der Waals surface area contributed by atoms with Gasteiger partial charge in [0.05, 0.1) is 34.6 Å². The van der Waals surface area contributed by atoms with E-state index in [2.05, 4.69) is 0 Å². The zero-order valence-corrected chi connectivity index (χ0v) is 18.4. The van der Waals surface area contributed by atoms with E-state index >= 15 is 0 Å². The quantitative estimate of drug-likeness (QED) is 0.659. The van der Waals surface area contributed by atoms with Crippen LogP contribution in [0.15, 0.2) is 46.1 Å². The van der Waals surface area contributed by atoms with Gasteiger partial charge in [-0.2, -0.15) is 0 Å². The van der Waals surface area contributed by atoms with Gasteiger partial charge in [0, 0.05) is 37.2 Å². The number of likely N-dealkylation sites (N-methyl/N-ethyl adjacent to an activating group) is 1. The van der Waals surface area contributed by atoms with Crippen molar-refractivity contribution in [1.82, 2.24) is 4.57 Å². The van der Waals surface area contributed by atoms with Crippen LogP contribution >= 0.6 is 0 Å². The minimum absolute atomic E-state index is 0.0261. The molecule has 1 aliphatic heterocycles. The fourth-order valence-electron chi connectivity index (χ4n) is 3.87. The van der Waals surface area contributed by atoms with Gasteiger partial charge in [-0.25, -0.2) is 13.6 Å². The second-order valence-corrected chi connectivity index (χ2v) is 9.07. The zero-order valence-electron chi connectivity index (χ0n) is 17.5. The Hall–Kier alpha value is -3.37. The van der Waals surface area contributed by atoms with Crippen LogP contribution in [0.1, 0.15) is 5.56 Å². The number of primary sulfonamides is 1. The average Bonchev–Trinajstić information content (AvgIpc) is 2.73. The topological polar surface area (TPSA) is 115 Å². The number of fused-ring (bicyclic) bond motifs is 2. The first-order chi connectivity index (χ1) is 14.5. The number of nitrogens with two attached hydrogens (primary N) is 1. The molecule has 10 heteroatoms. The molecule has 2 aromatic carbocycles. The van der Waals surface area contributed by atoms with E-state index in [0.717, 1.165) is 5.39 Å². The second-order valence-electron chi connectivity index (χ2n) is 7.51. The molecule has 2 N–H and O–H groups in total. The summed E-state index contributed by atoms with van der Waals surface area (Å²) in [5, 5.41) is 6.07. The Morgan fingerprint density at radius 1 is 1.00 bits per heavy atom. The summed E-state index contributed by atoms with van der Waals surface area (Å²) in [6.07, 6.45) is 0. The molecule has 1 aromatic heterocycles. The Kier molecular flexibility index (Phi) is 4.78. The SMILES string of the molecule is COc1cc(N2CC(=O)N(C)c3ccc(S(N)(=O)=O)cc32)c2cc(C)c(=O)n(C)c2c1. The molecular formula is C21H22N4O5S. The largest absolute Gasteiger partial charge is 0.497 e. The van der Waals surface area contributed by atoms with E-state index in [1.165, 1.54) is 28.7 Å². The first-order valence-electron chi connectivity index (χ1n) is 9.42. The van der Waals surface area contributed by atoms with Crippen LogP contribution in [0.25, 0.3) is 10.9 Å². The third-order valence-electron chi connectivity index (χ3n) is 5.60. The number of amides is 1. The fraction of sp³-hybridized carbons (Fsp3) is 0.238. The van der Waals surface area contributed by atoms with E-state index in [1.54, 1.807) is 50.2 Å². The maximum absolute atomic E-state index is 12.8. The number of aromatic nitrogens is 1. The minimum Gasteiger partial charge on any atom is -0.497 e. The number of rotatable bonds is 3. The van der Waals surface area contributed by atoms with Crippen LogP contribution in [0.3, 0.4) is 0 Å². The summed E-state index contributed by atoms with van der Waals surface area (Å²) >= 11 is 0. The van der Waals surface area contributed by atoms with Crippen LogP contribution in [0, 0.1) is 6.92 Å². The summed E-state index contributed by atoms with van der Waals surface area (Å²) in [4.78, 5) is 28.4. The summed E-state index contributed by atoms with van der Waals surface area (Å²) in [6.45, 7) is 1.69. The van der Waals surface area contributed by atoms with Crippen LogP contribution < -0.4 is 25.2 Å². The Balaban J connectivity index is 2.08. The first-order valence-corrected chi connectivity index (χ1v) is 11.0. The molecule has 0 fully saturated rings. The molecule has 0 radical (unpaired) electrons. The first kappa shape index (κ1) is 20.9. The number of sulfonamides is 1. The predicted molar refractivity (Wildman–Crippen MR) is 119 cm³/mol. The second kappa shape index (κ2) is 7.10. The Morgan fingerprint density at radius 3 is 2.35 bits per heavy atom. The molecule has 0 bridgehead atoms. The van der Waals surface area contributed by atoms with Gasteiger partial charge >= 0.3 is 0 Å². The number of pyridine rings is 1. The van der Waals surface area contributed by atoms with E-state index in [4.69, 9.17) is 9.88 Å². The van der Waals surface area contributed by atoms with Crippen molar-refractivity contribution >= 4 is 43.9 Å². The van der Waals surface area contributed by atoms with Crippen LogP contribution in [0.4, 0.5) is 17.1 Å². The molecule has 0 aliphatic carbocycles. The molecule has 0 saturated heterocycles. The van der Waals surface area contributed by atoms with E-state index in [9.17, 15) is 18.0 Å². The molecule has 2 heterocycles. The Morgan fingerprint density at radius 2 is 1.71 bits per heavy atom. The van der Waals surface area contributed by atoms with Gasteiger partial charge in [-0.05, 0) is 31.2 Å². The third kappa shape index (κ3) is 3.33. The van der Waals surface area contributed by atoms with Crippen molar-refractivity contribution in [3.05, 3.63) is 52.3 Å². The van der Waals surface area contributed by atoms with Crippen LogP contribution in [-0.2, 0) is 21.9 Å². The Labute approximate surface area is 179 Å². The predicted octanol–water partition coefficient (Wildman–Crippen LogP) is 1.62. The van der Waals surface area contributed by atoms with E-state index in [-0.39, 0.29) is 22.9 Å². The van der Waals surface area contributed by atoms with Gasteiger partial charge in [0.2, 0.25) is 15.9 Å². The van der Waals surface area contributed by atoms with Gasteiger partial charge in [-0.15, -0.1) is 0 Å². The molecule has 31 heavy (non-hydrogen) atoms. The van der Waals surface area contributed by atoms with E-state index in [1.807, 2.05) is 0 Å². The highest BCUT2D eigenvalue weighted by Gasteiger charge is 2.30. The van der Waals surface area contributed by atoms with Crippen molar-refractivity contribution in [2.24, 2.45) is 12.2 Å². The molecule has 1 amide bonds. The number of methoxy groups -OCH3 is 1. The molecule has 0 unspecified atom stereocenters. The standard InChI is InChI=1S/C21H22N4O5S/c1-12-7-15-17(24(3)21(12)27)8-13(30-4)9-18(15)25-11-20(26)23(2)16-6-5-14(10-19(16)25)31(22,28)29/h5-10H,11H2,1-4H3,(H2,22,28,29). The van der Waals surface area contributed by atoms with Crippen molar-refractivity contribution in [3.8, 4) is 5.75 Å². The van der Waals surface area contributed by atoms with Crippen molar-refractivity contribution in [2.75, 3.05) is 30.5 Å². The minimum atomic E-state index is -3.95. The number of hydrogen-bond donors (Lipinski definition) is 1. The molecule has 0 atom stereocenters. The normalized spacial score (nSPS) is 14.2. The molecule has 9 nitrogen and oxygen atoms in total. The van der Waals surface area contributed by atoms with Crippen molar-refractivity contribution in [1.29, 1.82) is 0 Å². The Bertz CT molecular complexity index is 1410. The van der Waals surface area contributed by atoms with Crippen molar-refractivity contribution < 1.29 is 17.9 Å². The lowest BCUT2D eigenvalue weighted by Crippen LogP contribution is -2.42. The summed E-state index contributed by atoms with van der Waals surface area (Å²) < 4.78 is 30.9. The molecule has 1 aliphatic rings. The molecule has 0 saturated carbocycles. The highest BCUT2D eigenvalue weighted by atomic mass is 32.2. The van der Waals surface area contributed by atoms with Gasteiger partial charge in [-0.3, -0.25) is 9.59 Å². The van der Waals surface area contributed by atoms with Crippen molar-refractivity contribution in [2.45, 2.75) is 11.8 Å². The molecule has 162 valence electrons. The molecule has 0 spiro atoms. The fourth-order valence-corrected chi connectivity index (χ4v) is 4.41. The highest BCUT2D eigenvalue weighted by molar-refractivity contribution is 7.89. The maximum atomic E-state index is 12.8. The lowest BCUT2D eigenvalue weighted by atomic mass is 10.1.